The third-order valence-electron chi connectivity index (χ3n) is 7.53. The molecule has 2 heterocycles. The molecule has 224 valence electrons. The number of halogens is 1. The first-order valence-electron chi connectivity index (χ1n) is 13.8. The lowest BCUT2D eigenvalue weighted by atomic mass is 10.0. The number of benzene rings is 3. The Morgan fingerprint density at radius 1 is 1.02 bits per heavy atom. The number of nitrogens with zero attached hydrogens (tertiary/aromatic N) is 1. The van der Waals surface area contributed by atoms with Crippen molar-refractivity contribution in [3.8, 4) is 22.8 Å². The number of sulfonamides is 1. The number of hydrogen-bond acceptors (Lipinski definition) is 8. The summed E-state index contributed by atoms with van der Waals surface area (Å²) in [5.41, 5.74) is 7.13. The van der Waals surface area contributed by atoms with Gasteiger partial charge in [0.1, 0.15) is 34.2 Å². The molecule has 1 saturated heterocycles. The molecule has 0 radical (unpaired) electrons. The van der Waals surface area contributed by atoms with Crippen LogP contribution in [0.2, 0.25) is 0 Å². The van der Waals surface area contributed by atoms with Crippen LogP contribution in [0.25, 0.3) is 22.3 Å². The number of carbonyl (C=O) groups is 2. The Morgan fingerprint density at radius 3 is 2.28 bits per heavy atom. The van der Waals surface area contributed by atoms with E-state index < -0.39 is 22.1 Å². The zero-order valence-corrected chi connectivity index (χ0v) is 24.1. The van der Waals surface area contributed by atoms with Gasteiger partial charge >= 0.3 is 12.1 Å². The molecule has 1 aromatic heterocycles. The van der Waals surface area contributed by atoms with Gasteiger partial charge in [-0.05, 0) is 85.3 Å². The number of anilines is 1. The Labute approximate surface area is 247 Å². The molecule has 10 nitrogen and oxygen atoms in total. The molecule has 1 saturated carbocycles. The Bertz CT molecular complexity index is 1790. The molecule has 43 heavy (non-hydrogen) atoms. The SMILES string of the molecule is CS(=O)(=O)N(CC1CCOC1)c1cc2oc(-c3ccc(Oc4ccc(F)cc4)cc3)c(C(=O)OC(N)=O)c2cc1C1CC1. The minimum Gasteiger partial charge on any atom is -0.457 e. The van der Waals surface area contributed by atoms with Gasteiger partial charge in [-0.3, -0.25) is 4.31 Å². The van der Waals surface area contributed by atoms with E-state index in [1.54, 1.807) is 36.4 Å². The van der Waals surface area contributed by atoms with Crippen LogP contribution in [-0.2, 0) is 19.5 Å². The van der Waals surface area contributed by atoms with Crippen molar-refractivity contribution >= 4 is 38.7 Å². The van der Waals surface area contributed by atoms with Crippen LogP contribution in [0.3, 0.4) is 0 Å². The van der Waals surface area contributed by atoms with Gasteiger partial charge in [-0.15, -0.1) is 0 Å². The lowest BCUT2D eigenvalue weighted by Gasteiger charge is -2.27. The zero-order chi connectivity index (χ0) is 30.3. The van der Waals surface area contributed by atoms with Crippen LogP contribution < -0.4 is 14.8 Å². The van der Waals surface area contributed by atoms with Gasteiger partial charge in [0, 0.05) is 36.1 Å². The normalized spacial score (nSPS) is 16.7. The number of furan rings is 1. The van der Waals surface area contributed by atoms with E-state index in [0.29, 0.717) is 41.3 Å². The van der Waals surface area contributed by atoms with Crippen molar-refractivity contribution in [1.29, 1.82) is 0 Å². The highest BCUT2D eigenvalue weighted by Crippen LogP contribution is 2.48. The standard InChI is InChI=1S/C31H29FN2O8S/c1-43(37,38)34(16-18-12-13-39-17-18)26-15-27-25(14-24(26)19-2-3-19)28(30(35)42-31(33)36)29(41-27)20-4-8-22(9-5-20)40-23-10-6-21(32)7-11-23/h4-11,14-15,18-19H,2-3,12-13,16-17H2,1H3,(H2,33,36). The molecule has 1 atom stereocenters. The van der Waals surface area contributed by atoms with E-state index in [1.807, 2.05) is 0 Å². The number of amides is 1. The van der Waals surface area contributed by atoms with E-state index in [-0.39, 0.29) is 41.1 Å². The van der Waals surface area contributed by atoms with Gasteiger partial charge in [0.2, 0.25) is 10.0 Å². The third kappa shape index (κ3) is 6.20. The number of carbonyl (C=O) groups excluding carboxylic acids is 2. The third-order valence-corrected chi connectivity index (χ3v) is 8.68. The van der Waals surface area contributed by atoms with Gasteiger partial charge in [0.05, 0.1) is 18.6 Å². The topological polar surface area (TPSA) is 138 Å². The van der Waals surface area contributed by atoms with Crippen LogP contribution in [0.1, 0.15) is 41.1 Å². The van der Waals surface area contributed by atoms with Gasteiger partial charge in [0.15, 0.2) is 0 Å². The molecule has 1 aliphatic heterocycles. The molecule has 12 heteroatoms. The van der Waals surface area contributed by atoms with Gasteiger partial charge in [0.25, 0.3) is 0 Å². The van der Waals surface area contributed by atoms with Crippen molar-refractivity contribution < 1.29 is 41.0 Å². The molecule has 4 aromatic rings. The maximum Gasteiger partial charge on any atom is 0.412 e. The fraction of sp³-hybridized carbons (Fsp3) is 0.290. The summed E-state index contributed by atoms with van der Waals surface area (Å²) in [6, 6.07) is 15.5. The second kappa shape index (κ2) is 11.3. The average Bonchev–Trinajstić information content (AvgIpc) is 3.53. The first-order chi connectivity index (χ1) is 20.6. The minimum atomic E-state index is -3.67. The fourth-order valence-corrected chi connectivity index (χ4v) is 6.32. The van der Waals surface area contributed by atoms with E-state index in [4.69, 9.17) is 24.4 Å². The minimum absolute atomic E-state index is 0.00967. The van der Waals surface area contributed by atoms with Gasteiger partial charge < -0.3 is 24.4 Å². The number of fused-ring (bicyclic) bond motifs is 1. The molecule has 0 spiro atoms. The Morgan fingerprint density at radius 2 is 1.70 bits per heavy atom. The lowest BCUT2D eigenvalue weighted by molar-refractivity contribution is 0.0640. The van der Waals surface area contributed by atoms with Crippen LogP contribution in [0.5, 0.6) is 11.5 Å². The maximum atomic E-state index is 13.3. The van der Waals surface area contributed by atoms with Crippen LogP contribution in [0.4, 0.5) is 14.9 Å². The average molecular weight is 609 g/mol. The van der Waals surface area contributed by atoms with E-state index in [0.717, 1.165) is 24.8 Å². The van der Waals surface area contributed by atoms with Crippen molar-refractivity contribution in [2.45, 2.75) is 25.2 Å². The van der Waals surface area contributed by atoms with E-state index in [1.165, 1.54) is 34.8 Å². The Hall–Kier alpha value is -4.42. The van der Waals surface area contributed by atoms with Crippen LogP contribution in [0, 0.1) is 11.7 Å². The fourth-order valence-electron chi connectivity index (χ4n) is 5.32. The molecule has 1 amide bonds. The zero-order valence-electron chi connectivity index (χ0n) is 23.2. The van der Waals surface area contributed by atoms with Crippen LogP contribution >= 0.6 is 0 Å². The number of ether oxygens (including phenoxy) is 3. The first-order valence-corrected chi connectivity index (χ1v) is 15.6. The van der Waals surface area contributed by atoms with E-state index >= 15 is 0 Å². The molecular formula is C31H29FN2O8S. The monoisotopic (exact) mass is 608 g/mol. The number of primary amides is 1. The summed E-state index contributed by atoms with van der Waals surface area (Å²) < 4.78 is 63.0. The van der Waals surface area contributed by atoms with Crippen molar-refractivity contribution in [3.63, 3.8) is 0 Å². The molecule has 3 aromatic carbocycles. The molecule has 2 fully saturated rings. The number of esters is 1. The van der Waals surface area contributed by atoms with Gasteiger partial charge in [-0.1, -0.05) is 0 Å². The van der Waals surface area contributed by atoms with Crippen molar-refractivity contribution in [3.05, 3.63) is 77.6 Å². The molecule has 0 bridgehead atoms. The lowest BCUT2D eigenvalue weighted by Crippen LogP contribution is -2.35. The van der Waals surface area contributed by atoms with Crippen molar-refractivity contribution in [2.24, 2.45) is 11.7 Å². The van der Waals surface area contributed by atoms with Gasteiger partial charge in [-0.25, -0.2) is 22.4 Å². The Balaban J connectivity index is 1.45. The second-order valence-corrected chi connectivity index (χ2v) is 12.7. The van der Waals surface area contributed by atoms with Crippen molar-refractivity contribution in [1.82, 2.24) is 0 Å². The number of hydrogen-bond donors (Lipinski definition) is 1. The molecule has 2 N–H and O–H groups in total. The largest absolute Gasteiger partial charge is 0.457 e. The first kappa shape index (κ1) is 28.7. The summed E-state index contributed by atoms with van der Waals surface area (Å²) in [6.45, 7) is 1.31. The van der Waals surface area contributed by atoms with Crippen LogP contribution in [0.15, 0.2) is 65.1 Å². The smallest absolute Gasteiger partial charge is 0.412 e. The molecular weight excluding hydrogens is 579 g/mol. The van der Waals surface area contributed by atoms with Gasteiger partial charge in [-0.2, -0.15) is 0 Å². The summed E-state index contributed by atoms with van der Waals surface area (Å²) in [5.74, 6) is -0.239. The molecule has 1 unspecified atom stereocenters. The van der Waals surface area contributed by atoms with E-state index in [2.05, 4.69) is 0 Å². The summed E-state index contributed by atoms with van der Waals surface area (Å²) in [6.07, 6.45) is 2.38. The quantitative estimate of drug-likeness (QED) is 0.182. The summed E-state index contributed by atoms with van der Waals surface area (Å²) in [5, 5.41) is 0.371. The predicted molar refractivity (Wildman–Crippen MR) is 156 cm³/mol. The molecule has 6 rings (SSSR count). The molecule has 1 aliphatic carbocycles. The van der Waals surface area contributed by atoms with Crippen LogP contribution in [-0.4, -0.2) is 46.5 Å². The maximum absolute atomic E-state index is 13.3. The summed E-state index contributed by atoms with van der Waals surface area (Å²) in [7, 11) is -3.67. The van der Waals surface area contributed by atoms with E-state index in [9.17, 15) is 22.4 Å². The highest BCUT2D eigenvalue weighted by Gasteiger charge is 2.35. The summed E-state index contributed by atoms with van der Waals surface area (Å²) >= 11 is 0. The highest BCUT2D eigenvalue weighted by atomic mass is 32.2. The van der Waals surface area contributed by atoms with Crippen molar-refractivity contribution in [2.75, 3.05) is 30.3 Å². The second-order valence-electron chi connectivity index (χ2n) is 10.8. The Kier molecular flexibility index (Phi) is 7.57. The number of nitrogens with two attached hydrogens (primary N) is 1. The predicted octanol–water partition coefficient (Wildman–Crippen LogP) is 5.95. The number of rotatable bonds is 9. The molecule has 2 aliphatic rings. The highest BCUT2D eigenvalue weighted by molar-refractivity contribution is 7.92. The summed E-state index contributed by atoms with van der Waals surface area (Å²) in [4.78, 5) is 24.8.